The smallest absolute Gasteiger partial charge is 0.344 e. The minimum atomic E-state index is -1.08. The zero-order valence-electron chi connectivity index (χ0n) is 11.9. The van der Waals surface area contributed by atoms with E-state index in [1.165, 1.54) is 12.1 Å². The summed E-state index contributed by atoms with van der Waals surface area (Å²) in [5.74, 6) is -1.66. The van der Waals surface area contributed by atoms with Gasteiger partial charge in [0.05, 0.1) is 0 Å². The van der Waals surface area contributed by atoms with Gasteiger partial charge in [-0.15, -0.1) is 0 Å². The quantitative estimate of drug-likeness (QED) is 0.769. The van der Waals surface area contributed by atoms with Gasteiger partial charge in [0.25, 0.3) is 0 Å². The Bertz CT molecular complexity index is 451. The van der Waals surface area contributed by atoms with Gasteiger partial charge in [0, 0.05) is 6.04 Å². The molecule has 0 aliphatic carbocycles. The van der Waals surface area contributed by atoms with Crippen LogP contribution in [0.3, 0.4) is 0 Å². The van der Waals surface area contributed by atoms with Crippen LogP contribution in [0.5, 0.6) is 5.75 Å². The Morgan fingerprint density at radius 2 is 2.15 bits per heavy atom. The summed E-state index contributed by atoms with van der Waals surface area (Å²) in [6.07, 6.45) is 1.39. The third kappa shape index (κ3) is 4.81. The highest BCUT2D eigenvalue weighted by Crippen LogP contribution is 2.21. The molecule has 0 heterocycles. The van der Waals surface area contributed by atoms with Gasteiger partial charge >= 0.3 is 5.97 Å². The first-order valence-electron chi connectivity index (χ1n) is 6.91. The molecule has 1 aromatic rings. The second-order valence-electron chi connectivity index (χ2n) is 4.87. The third-order valence-corrected chi connectivity index (χ3v) is 3.11. The lowest BCUT2D eigenvalue weighted by Crippen LogP contribution is -2.27. The van der Waals surface area contributed by atoms with E-state index in [1.54, 1.807) is 6.07 Å². The Hall–Kier alpha value is -1.62. The zero-order valence-corrected chi connectivity index (χ0v) is 11.9. The number of halogens is 1. The Labute approximate surface area is 118 Å². The van der Waals surface area contributed by atoms with E-state index in [0.29, 0.717) is 19.3 Å². The van der Waals surface area contributed by atoms with Gasteiger partial charge < -0.3 is 15.6 Å². The molecule has 112 valence electrons. The van der Waals surface area contributed by atoms with E-state index in [0.717, 1.165) is 12.0 Å². The fraction of sp³-hybridized carbons (Fsp3) is 0.533. The number of aliphatic carboxylic acids is 1. The summed E-state index contributed by atoms with van der Waals surface area (Å²) in [5, 5.41) is 9.00. The van der Waals surface area contributed by atoms with Gasteiger partial charge in [-0.1, -0.05) is 26.3 Å². The van der Waals surface area contributed by atoms with E-state index in [-0.39, 0.29) is 11.8 Å². The molecular formula is C15H22FNO3. The highest BCUT2D eigenvalue weighted by Gasteiger charge is 2.20. The molecule has 0 amide bonds. The first-order valence-corrected chi connectivity index (χ1v) is 6.91. The molecule has 1 rings (SSSR count). The first kappa shape index (κ1) is 16.4. The number of hydrogen-bond donors (Lipinski definition) is 2. The molecule has 20 heavy (non-hydrogen) atoms. The Morgan fingerprint density at radius 1 is 1.45 bits per heavy atom. The van der Waals surface area contributed by atoms with E-state index in [1.807, 2.05) is 13.8 Å². The molecule has 0 aromatic heterocycles. The number of rotatable bonds is 8. The van der Waals surface area contributed by atoms with Crippen LogP contribution in [0.2, 0.25) is 0 Å². The summed E-state index contributed by atoms with van der Waals surface area (Å²) in [6.45, 7) is 3.83. The summed E-state index contributed by atoms with van der Waals surface area (Å²) in [7, 11) is 0. The topological polar surface area (TPSA) is 72.5 Å². The van der Waals surface area contributed by atoms with Crippen LogP contribution in [0.4, 0.5) is 4.39 Å². The molecule has 0 saturated carbocycles. The largest absolute Gasteiger partial charge is 0.479 e. The first-order chi connectivity index (χ1) is 9.47. The monoisotopic (exact) mass is 283 g/mol. The highest BCUT2D eigenvalue weighted by molar-refractivity contribution is 5.72. The molecule has 0 aliphatic heterocycles. The average Bonchev–Trinajstić information content (AvgIpc) is 2.40. The van der Waals surface area contributed by atoms with Gasteiger partial charge in [0.1, 0.15) is 0 Å². The van der Waals surface area contributed by atoms with Gasteiger partial charge in [-0.3, -0.25) is 0 Å². The summed E-state index contributed by atoms with van der Waals surface area (Å²) in [6, 6.07) is 4.54. The predicted molar refractivity (Wildman–Crippen MR) is 75.3 cm³/mol. The lowest BCUT2D eigenvalue weighted by molar-refractivity contribution is -0.145. The maximum absolute atomic E-state index is 13.9. The van der Waals surface area contributed by atoms with Crippen LogP contribution in [-0.4, -0.2) is 23.2 Å². The molecule has 2 atom stereocenters. The maximum Gasteiger partial charge on any atom is 0.344 e. The fourth-order valence-corrected chi connectivity index (χ4v) is 1.86. The van der Waals surface area contributed by atoms with Crippen molar-refractivity contribution in [3.8, 4) is 5.75 Å². The third-order valence-electron chi connectivity index (χ3n) is 3.11. The van der Waals surface area contributed by atoms with Crippen LogP contribution >= 0.6 is 0 Å². The van der Waals surface area contributed by atoms with Gasteiger partial charge in [-0.05, 0) is 37.0 Å². The van der Waals surface area contributed by atoms with Crippen molar-refractivity contribution in [2.24, 2.45) is 5.73 Å². The van der Waals surface area contributed by atoms with Crippen molar-refractivity contribution < 1.29 is 19.0 Å². The van der Waals surface area contributed by atoms with E-state index >= 15 is 0 Å². The van der Waals surface area contributed by atoms with E-state index in [9.17, 15) is 9.18 Å². The van der Waals surface area contributed by atoms with E-state index < -0.39 is 17.9 Å². The molecule has 0 fully saturated rings. The second-order valence-corrected chi connectivity index (χ2v) is 4.87. The molecule has 0 spiro atoms. The van der Waals surface area contributed by atoms with Crippen molar-refractivity contribution in [3.63, 3.8) is 0 Å². The molecule has 2 unspecified atom stereocenters. The van der Waals surface area contributed by atoms with Crippen molar-refractivity contribution in [2.75, 3.05) is 0 Å². The number of hydrogen-bond acceptors (Lipinski definition) is 3. The minimum Gasteiger partial charge on any atom is -0.479 e. The molecule has 0 aliphatic rings. The average molecular weight is 283 g/mol. The van der Waals surface area contributed by atoms with Crippen molar-refractivity contribution >= 4 is 5.97 Å². The van der Waals surface area contributed by atoms with Crippen LogP contribution in [0.15, 0.2) is 18.2 Å². The Morgan fingerprint density at radius 3 is 2.65 bits per heavy atom. The lowest BCUT2D eigenvalue weighted by Gasteiger charge is -2.16. The molecule has 0 radical (unpaired) electrons. The molecule has 4 nitrogen and oxygen atoms in total. The van der Waals surface area contributed by atoms with Gasteiger partial charge in [0.15, 0.2) is 17.7 Å². The number of carboxylic acids is 1. The normalized spacial score (nSPS) is 13.8. The molecular weight excluding hydrogens is 261 g/mol. The summed E-state index contributed by atoms with van der Waals surface area (Å²) in [4.78, 5) is 11.0. The maximum atomic E-state index is 13.9. The predicted octanol–water partition coefficient (Wildman–Crippen LogP) is 2.74. The second kappa shape index (κ2) is 7.85. The standard InChI is InChI=1S/C15H22FNO3/c1-3-5-14(15(18)19)20-13-7-6-10(9-12(13)16)8-11(17)4-2/h6-7,9,11,14H,3-5,8,17H2,1-2H3,(H,18,19). The van der Waals surface area contributed by atoms with Crippen molar-refractivity contribution in [1.82, 2.24) is 0 Å². The number of carbonyl (C=O) groups is 1. The molecule has 1 aromatic carbocycles. The number of benzene rings is 1. The highest BCUT2D eigenvalue weighted by atomic mass is 19.1. The SMILES string of the molecule is CCCC(Oc1ccc(CC(N)CC)cc1F)C(=O)O. The van der Waals surface area contributed by atoms with E-state index in [4.69, 9.17) is 15.6 Å². The van der Waals surface area contributed by atoms with Crippen molar-refractivity contribution in [3.05, 3.63) is 29.6 Å². The van der Waals surface area contributed by atoms with Crippen molar-refractivity contribution in [1.29, 1.82) is 0 Å². The Balaban J connectivity index is 2.79. The minimum absolute atomic E-state index is 0.00646. The number of nitrogens with two attached hydrogens (primary N) is 1. The molecule has 0 saturated heterocycles. The molecule has 5 heteroatoms. The van der Waals surface area contributed by atoms with Crippen LogP contribution in [0.25, 0.3) is 0 Å². The van der Waals surface area contributed by atoms with Crippen LogP contribution in [0, 0.1) is 5.82 Å². The molecule has 3 N–H and O–H groups in total. The van der Waals surface area contributed by atoms with Crippen molar-refractivity contribution in [2.45, 2.75) is 51.7 Å². The number of carboxylic acid groups (broad SMARTS) is 1. The molecule has 0 bridgehead atoms. The van der Waals surface area contributed by atoms with E-state index in [2.05, 4.69) is 0 Å². The summed E-state index contributed by atoms with van der Waals surface area (Å²) >= 11 is 0. The zero-order chi connectivity index (χ0) is 15.1. The van der Waals surface area contributed by atoms with Gasteiger partial charge in [-0.25, -0.2) is 9.18 Å². The van der Waals surface area contributed by atoms with Gasteiger partial charge in [0.2, 0.25) is 0 Å². The lowest BCUT2D eigenvalue weighted by atomic mass is 10.0. The van der Waals surface area contributed by atoms with Gasteiger partial charge in [-0.2, -0.15) is 0 Å². The number of ether oxygens (including phenoxy) is 1. The Kier molecular flexibility index (Phi) is 6.45. The van der Waals surface area contributed by atoms with Crippen LogP contribution in [-0.2, 0) is 11.2 Å². The van der Waals surface area contributed by atoms with Crippen LogP contribution in [0.1, 0.15) is 38.7 Å². The fourth-order valence-electron chi connectivity index (χ4n) is 1.86. The summed E-state index contributed by atoms with van der Waals surface area (Å²) < 4.78 is 19.1. The summed E-state index contributed by atoms with van der Waals surface area (Å²) in [5.41, 5.74) is 6.61. The van der Waals surface area contributed by atoms with Crippen LogP contribution < -0.4 is 10.5 Å².